The van der Waals surface area contributed by atoms with Crippen molar-refractivity contribution in [3.8, 4) is 5.75 Å². The Bertz CT molecular complexity index is 536. The summed E-state index contributed by atoms with van der Waals surface area (Å²) in [5, 5.41) is 0. The van der Waals surface area contributed by atoms with E-state index in [4.69, 9.17) is 14.2 Å². The lowest BCUT2D eigenvalue weighted by molar-refractivity contribution is -0.151. The Morgan fingerprint density at radius 3 is 2.71 bits per heavy atom. The van der Waals surface area contributed by atoms with Crippen LogP contribution in [0.5, 0.6) is 5.75 Å². The van der Waals surface area contributed by atoms with Crippen LogP contribution in [0.4, 0.5) is 0 Å². The number of benzene rings is 1. The van der Waals surface area contributed by atoms with Crippen LogP contribution in [0.15, 0.2) is 24.3 Å². The van der Waals surface area contributed by atoms with Gasteiger partial charge in [0.05, 0.1) is 6.61 Å². The summed E-state index contributed by atoms with van der Waals surface area (Å²) in [5.41, 5.74) is 1.15. The van der Waals surface area contributed by atoms with Gasteiger partial charge in [-0.1, -0.05) is 31.5 Å². The SMILES string of the molecule is CCC(=O)O[C@@H]1CCCC[C@H]1c1ccccc1OC1CCCCO1. The van der Waals surface area contributed by atoms with E-state index in [1.807, 2.05) is 25.1 Å². The first-order chi connectivity index (χ1) is 11.8. The number of carbonyl (C=O) groups is 1. The van der Waals surface area contributed by atoms with Crippen molar-refractivity contribution in [1.82, 2.24) is 0 Å². The molecule has 1 aliphatic heterocycles. The highest BCUT2D eigenvalue weighted by Gasteiger charge is 2.31. The minimum atomic E-state index is -0.153. The monoisotopic (exact) mass is 332 g/mol. The van der Waals surface area contributed by atoms with Crippen LogP contribution in [0.25, 0.3) is 0 Å². The van der Waals surface area contributed by atoms with Gasteiger partial charge < -0.3 is 14.2 Å². The smallest absolute Gasteiger partial charge is 0.305 e. The molecule has 0 aromatic heterocycles. The highest BCUT2D eigenvalue weighted by Crippen LogP contribution is 2.40. The van der Waals surface area contributed by atoms with Crippen molar-refractivity contribution in [3.05, 3.63) is 29.8 Å². The average molecular weight is 332 g/mol. The molecule has 1 aliphatic carbocycles. The van der Waals surface area contributed by atoms with Gasteiger partial charge in [0, 0.05) is 24.3 Å². The molecule has 1 saturated heterocycles. The van der Waals surface area contributed by atoms with Crippen molar-refractivity contribution >= 4 is 5.97 Å². The largest absolute Gasteiger partial charge is 0.465 e. The van der Waals surface area contributed by atoms with Crippen LogP contribution in [0.2, 0.25) is 0 Å². The molecular formula is C20H28O4. The van der Waals surface area contributed by atoms with E-state index in [2.05, 4.69) is 6.07 Å². The van der Waals surface area contributed by atoms with Gasteiger partial charge in [0.2, 0.25) is 0 Å². The maximum atomic E-state index is 11.8. The van der Waals surface area contributed by atoms with E-state index in [1.54, 1.807) is 0 Å². The molecule has 1 aromatic rings. The number of carbonyl (C=O) groups excluding carboxylic acids is 1. The molecule has 24 heavy (non-hydrogen) atoms. The molecule has 0 bridgehead atoms. The van der Waals surface area contributed by atoms with E-state index in [0.29, 0.717) is 6.42 Å². The van der Waals surface area contributed by atoms with Gasteiger partial charge in [0.25, 0.3) is 0 Å². The molecule has 0 N–H and O–H groups in total. The standard InChI is InChI=1S/C20H28O4/c1-2-19(21)23-17-11-5-3-9-15(17)16-10-4-6-12-18(16)24-20-13-7-8-14-22-20/h4,6,10,12,15,17,20H,2-3,5,7-9,11,13-14H2,1H3/t15-,17+,20?/m0/s1. The molecule has 4 heteroatoms. The van der Waals surface area contributed by atoms with E-state index >= 15 is 0 Å². The van der Waals surface area contributed by atoms with Crippen LogP contribution < -0.4 is 4.74 Å². The molecule has 0 spiro atoms. The van der Waals surface area contributed by atoms with E-state index in [0.717, 1.165) is 56.4 Å². The number of esters is 1. The number of para-hydroxylation sites is 1. The molecule has 3 rings (SSSR count). The molecule has 2 fully saturated rings. The molecule has 1 heterocycles. The van der Waals surface area contributed by atoms with Crippen molar-refractivity contribution in [2.24, 2.45) is 0 Å². The Balaban J connectivity index is 1.77. The minimum absolute atomic E-state index is 0.0387. The van der Waals surface area contributed by atoms with Crippen LogP contribution in [0.3, 0.4) is 0 Å². The van der Waals surface area contributed by atoms with Gasteiger partial charge >= 0.3 is 5.97 Å². The van der Waals surface area contributed by atoms with E-state index < -0.39 is 0 Å². The van der Waals surface area contributed by atoms with Crippen LogP contribution >= 0.6 is 0 Å². The lowest BCUT2D eigenvalue weighted by atomic mass is 9.81. The second-order valence-electron chi connectivity index (χ2n) is 6.72. The fourth-order valence-corrected chi connectivity index (χ4v) is 3.69. The van der Waals surface area contributed by atoms with E-state index in [9.17, 15) is 4.79 Å². The quantitative estimate of drug-likeness (QED) is 0.741. The Morgan fingerprint density at radius 2 is 1.92 bits per heavy atom. The molecule has 1 aromatic carbocycles. The maximum absolute atomic E-state index is 11.8. The van der Waals surface area contributed by atoms with Gasteiger partial charge in [-0.25, -0.2) is 0 Å². The van der Waals surface area contributed by atoms with Crippen LogP contribution in [-0.2, 0) is 14.3 Å². The Labute approximate surface area is 144 Å². The average Bonchev–Trinajstić information content (AvgIpc) is 2.63. The fourth-order valence-electron chi connectivity index (χ4n) is 3.69. The van der Waals surface area contributed by atoms with Gasteiger partial charge in [-0.3, -0.25) is 4.79 Å². The van der Waals surface area contributed by atoms with Gasteiger partial charge in [-0.15, -0.1) is 0 Å². The maximum Gasteiger partial charge on any atom is 0.305 e. The first-order valence-corrected chi connectivity index (χ1v) is 9.34. The molecule has 4 nitrogen and oxygen atoms in total. The zero-order valence-electron chi connectivity index (χ0n) is 14.5. The van der Waals surface area contributed by atoms with E-state index in [-0.39, 0.29) is 24.3 Å². The minimum Gasteiger partial charge on any atom is -0.465 e. The third-order valence-electron chi connectivity index (χ3n) is 4.99. The third kappa shape index (κ3) is 4.29. The predicted octanol–water partition coefficient (Wildman–Crippen LogP) is 4.57. The number of hydrogen-bond acceptors (Lipinski definition) is 4. The summed E-state index contributed by atoms with van der Waals surface area (Å²) in [6.45, 7) is 2.62. The molecule has 0 amide bonds. The Morgan fingerprint density at radius 1 is 1.12 bits per heavy atom. The topological polar surface area (TPSA) is 44.8 Å². The van der Waals surface area contributed by atoms with Gasteiger partial charge in [0.1, 0.15) is 11.9 Å². The lowest BCUT2D eigenvalue weighted by Crippen LogP contribution is -2.30. The first-order valence-electron chi connectivity index (χ1n) is 9.34. The zero-order chi connectivity index (χ0) is 16.8. The summed E-state index contributed by atoms with van der Waals surface area (Å²) in [6, 6.07) is 8.16. The van der Waals surface area contributed by atoms with Crippen LogP contribution in [0.1, 0.15) is 69.8 Å². The van der Waals surface area contributed by atoms with Crippen LogP contribution in [-0.4, -0.2) is 25.0 Å². The molecule has 3 atom stereocenters. The zero-order valence-corrected chi connectivity index (χ0v) is 14.5. The van der Waals surface area contributed by atoms with Crippen molar-refractivity contribution in [3.63, 3.8) is 0 Å². The molecule has 2 aliphatic rings. The summed E-state index contributed by atoms with van der Waals surface area (Å²) in [6.07, 6.45) is 7.68. The van der Waals surface area contributed by atoms with Gasteiger partial charge in [-0.05, 0) is 38.2 Å². The van der Waals surface area contributed by atoms with Gasteiger partial charge in [-0.2, -0.15) is 0 Å². The summed E-state index contributed by atoms with van der Waals surface area (Å²) < 4.78 is 17.6. The predicted molar refractivity (Wildman–Crippen MR) is 92.0 cm³/mol. The second-order valence-corrected chi connectivity index (χ2v) is 6.72. The summed E-state index contributed by atoms with van der Waals surface area (Å²) in [5.74, 6) is 0.990. The number of ether oxygens (including phenoxy) is 3. The van der Waals surface area contributed by atoms with Crippen molar-refractivity contribution in [2.75, 3.05) is 6.61 Å². The summed E-state index contributed by atoms with van der Waals surface area (Å²) in [7, 11) is 0. The van der Waals surface area contributed by atoms with E-state index in [1.165, 1.54) is 6.42 Å². The molecule has 132 valence electrons. The van der Waals surface area contributed by atoms with Gasteiger partial charge in [0.15, 0.2) is 6.29 Å². The van der Waals surface area contributed by atoms with Crippen molar-refractivity contribution < 1.29 is 19.0 Å². The fraction of sp³-hybridized carbons (Fsp3) is 0.650. The molecule has 1 saturated carbocycles. The van der Waals surface area contributed by atoms with Crippen molar-refractivity contribution in [1.29, 1.82) is 0 Å². The molecule has 0 radical (unpaired) electrons. The third-order valence-corrected chi connectivity index (χ3v) is 4.99. The Kier molecular flexibility index (Phi) is 6.13. The number of hydrogen-bond donors (Lipinski definition) is 0. The summed E-state index contributed by atoms with van der Waals surface area (Å²) >= 11 is 0. The normalized spacial score (nSPS) is 27.5. The lowest BCUT2D eigenvalue weighted by Gasteiger charge is -2.33. The highest BCUT2D eigenvalue weighted by molar-refractivity contribution is 5.69. The molecular weight excluding hydrogens is 304 g/mol. The summed E-state index contributed by atoms with van der Waals surface area (Å²) in [4.78, 5) is 11.8. The molecule has 1 unspecified atom stereocenters. The van der Waals surface area contributed by atoms with Crippen LogP contribution in [0, 0.1) is 0 Å². The first kappa shape index (κ1) is 17.3. The Hall–Kier alpha value is -1.55. The van der Waals surface area contributed by atoms with Crippen molar-refractivity contribution in [2.45, 2.75) is 76.6 Å². The highest BCUT2D eigenvalue weighted by atomic mass is 16.7. The number of rotatable bonds is 5. The second kappa shape index (κ2) is 8.52.